The molecule has 0 bridgehead atoms. The summed E-state index contributed by atoms with van der Waals surface area (Å²) in [5, 5.41) is 0.557. The van der Waals surface area contributed by atoms with E-state index >= 15 is 0 Å². The zero-order valence-corrected chi connectivity index (χ0v) is 9.63. The summed E-state index contributed by atoms with van der Waals surface area (Å²) in [7, 11) is 0. The Hall–Kier alpha value is -0.990. The Morgan fingerprint density at radius 1 is 1.13 bits per heavy atom. The van der Waals surface area contributed by atoms with Crippen molar-refractivity contribution in [3.8, 4) is 0 Å². The monoisotopic (exact) mass is 235 g/mol. The first-order chi connectivity index (χ1) is 7.34. The smallest absolute Gasteiger partial charge is 0.129 e. The van der Waals surface area contributed by atoms with E-state index in [0.717, 1.165) is 5.75 Å². The molecule has 0 spiro atoms. The molecule has 2 rings (SSSR count). The predicted octanol–water partition coefficient (Wildman–Crippen LogP) is 4.03. The van der Waals surface area contributed by atoms with E-state index in [4.69, 9.17) is 11.6 Å². The number of rotatable bonds is 3. The van der Waals surface area contributed by atoms with Crippen LogP contribution in [0.2, 0.25) is 5.15 Å². The Balaban J connectivity index is 1.99. The maximum Gasteiger partial charge on any atom is 0.129 e. The second-order valence-corrected chi connectivity index (χ2v) is 4.52. The van der Waals surface area contributed by atoms with Gasteiger partial charge in [0.25, 0.3) is 0 Å². The summed E-state index contributed by atoms with van der Waals surface area (Å²) in [6, 6.07) is 14.2. The van der Waals surface area contributed by atoms with Gasteiger partial charge in [0.05, 0.1) is 0 Å². The summed E-state index contributed by atoms with van der Waals surface area (Å²) >= 11 is 7.60. The van der Waals surface area contributed by atoms with Crippen molar-refractivity contribution >= 4 is 23.4 Å². The third-order valence-corrected chi connectivity index (χ3v) is 3.23. The third kappa shape index (κ3) is 3.26. The van der Waals surface area contributed by atoms with Crippen LogP contribution in [-0.4, -0.2) is 4.98 Å². The van der Waals surface area contributed by atoms with E-state index in [9.17, 15) is 0 Å². The van der Waals surface area contributed by atoms with Gasteiger partial charge in [-0.05, 0) is 29.8 Å². The lowest BCUT2D eigenvalue weighted by Crippen LogP contribution is -1.82. The van der Waals surface area contributed by atoms with Crippen molar-refractivity contribution in [1.82, 2.24) is 4.98 Å². The fourth-order valence-electron chi connectivity index (χ4n) is 1.22. The zero-order chi connectivity index (χ0) is 10.5. The molecule has 0 radical (unpaired) electrons. The van der Waals surface area contributed by atoms with E-state index in [2.05, 4.69) is 17.1 Å². The SMILES string of the molecule is Clc1cc(CSc2ccccc2)ccn1. The van der Waals surface area contributed by atoms with E-state index < -0.39 is 0 Å². The second-order valence-electron chi connectivity index (χ2n) is 3.09. The molecule has 0 unspecified atom stereocenters. The summed E-state index contributed by atoms with van der Waals surface area (Å²) in [6.45, 7) is 0. The molecule has 0 atom stereocenters. The highest BCUT2D eigenvalue weighted by atomic mass is 35.5. The molecule has 0 aliphatic carbocycles. The Morgan fingerprint density at radius 3 is 2.67 bits per heavy atom. The molecule has 0 saturated carbocycles. The molecular formula is C12H10ClNS. The third-order valence-electron chi connectivity index (χ3n) is 1.94. The lowest BCUT2D eigenvalue weighted by atomic mass is 10.3. The normalized spacial score (nSPS) is 10.2. The second kappa shape index (κ2) is 5.19. The Morgan fingerprint density at radius 2 is 1.93 bits per heavy atom. The summed E-state index contributed by atoms with van der Waals surface area (Å²) in [4.78, 5) is 5.22. The number of hydrogen-bond acceptors (Lipinski definition) is 2. The first kappa shape index (κ1) is 10.5. The number of thioether (sulfide) groups is 1. The van der Waals surface area contributed by atoms with Crippen LogP contribution in [0.25, 0.3) is 0 Å². The molecule has 3 heteroatoms. The Labute approximate surface area is 98.5 Å². The van der Waals surface area contributed by atoms with E-state index in [1.165, 1.54) is 10.5 Å². The minimum atomic E-state index is 0.557. The summed E-state index contributed by atoms with van der Waals surface area (Å²) in [6.07, 6.45) is 1.74. The Bertz CT molecular complexity index is 431. The van der Waals surface area contributed by atoms with Crippen molar-refractivity contribution in [2.75, 3.05) is 0 Å². The van der Waals surface area contributed by atoms with Crippen LogP contribution in [0.5, 0.6) is 0 Å². The maximum atomic E-state index is 5.81. The van der Waals surface area contributed by atoms with Crippen LogP contribution >= 0.6 is 23.4 Å². The van der Waals surface area contributed by atoms with E-state index in [-0.39, 0.29) is 0 Å². The minimum absolute atomic E-state index is 0.557. The van der Waals surface area contributed by atoms with Crippen molar-refractivity contribution in [2.45, 2.75) is 10.6 Å². The van der Waals surface area contributed by atoms with Gasteiger partial charge in [0.1, 0.15) is 5.15 Å². The number of nitrogens with zero attached hydrogens (tertiary/aromatic N) is 1. The molecule has 0 aliphatic rings. The lowest BCUT2D eigenvalue weighted by Gasteiger charge is -2.01. The molecule has 1 aromatic heterocycles. The summed E-state index contributed by atoms with van der Waals surface area (Å²) in [5.74, 6) is 0.923. The highest BCUT2D eigenvalue weighted by Crippen LogP contribution is 2.22. The van der Waals surface area contributed by atoms with E-state index in [0.29, 0.717) is 5.15 Å². The molecule has 0 N–H and O–H groups in total. The van der Waals surface area contributed by atoms with Crippen molar-refractivity contribution in [2.24, 2.45) is 0 Å². The molecule has 1 heterocycles. The number of pyridine rings is 1. The van der Waals surface area contributed by atoms with Crippen LogP contribution in [0.1, 0.15) is 5.56 Å². The molecule has 0 aliphatic heterocycles. The van der Waals surface area contributed by atoms with E-state index in [1.54, 1.807) is 18.0 Å². The van der Waals surface area contributed by atoms with Crippen LogP contribution in [0.4, 0.5) is 0 Å². The highest BCUT2D eigenvalue weighted by Gasteiger charge is 1.96. The van der Waals surface area contributed by atoms with Crippen LogP contribution in [-0.2, 0) is 5.75 Å². The molecule has 1 nitrogen and oxygen atoms in total. The van der Waals surface area contributed by atoms with Gasteiger partial charge in [-0.3, -0.25) is 0 Å². The first-order valence-corrected chi connectivity index (χ1v) is 5.99. The van der Waals surface area contributed by atoms with Gasteiger partial charge in [-0.1, -0.05) is 29.8 Å². The van der Waals surface area contributed by atoms with Crippen molar-refractivity contribution in [3.05, 3.63) is 59.4 Å². The van der Waals surface area contributed by atoms with Gasteiger partial charge in [0.15, 0.2) is 0 Å². The number of halogens is 1. The number of benzene rings is 1. The van der Waals surface area contributed by atoms with Gasteiger partial charge in [-0.15, -0.1) is 11.8 Å². The van der Waals surface area contributed by atoms with Gasteiger partial charge < -0.3 is 0 Å². The molecule has 1 aromatic carbocycles. The van der Waals surface area contributed by atoms with Gasteiger partial charge in [0.2, 0.25) is 0 Å². The van der Waals surface area contributed by atoms with Crippen LogP contribution < -0.4 is 0 Å². The average molecular weight is 236 g/mol. The highest BCUT2D eigenvalue weighted by molar-refractivity contribution is 7.98. The Kier molecular flexibility index (Phi) is 3.64. The molecule has 0 fully saturated rings. The molecular weight excluding hydrogens is 226 g/mol. The molecule has 15 heavy (non-hydrogen) atoms. The maximum absolute atomic E-state index is 5.81. The molecule has 0 amide bonds. The molecule has 76 valence electrons. The quantitative estimate of drug-likeness (QED) is 0.589. The minimum Gasteiger partial charge on any atom is -0.245 e. The lowest BCUT2D eigenvalue weighted by molar-refractivity contribution is 1.27. The number of aromatic nitrogens is 1. The van der Waals surface area contributed by atoms with Crippen LogP contribution in [0.15, 0.2) is 53.6 Å². The summed E-state index contributed by atoms with van der Waals surface area (Å²) < 4.78 is 0. The van der Waals surface area contributed by atoms with Crippen LogP contribution in [0, 0.1) is 0 Å². The van der Waals surface area contributed by atoms with Gasteiger partial charge in [-0.2, -0.15) is 0 Å². The predicted molar refractivity (Wildman–Crippen MR) is 65.3 cm³/mol. The standard InChI is InChI=1S/C12H10ClNS/c13-12-8-10(6-7-14-12)9-15-11-4-2-1-3-5-11/h1-8H,9H2. The molecule has 0 saturated heterocycles. The van der Waals surface area contributed by atoms with Crippen molar-refractivity contribution in [3.63, 3.8) is 0 Å². The largest absolute Gasteiger partial charge is 0.245 e. The topological polar surface area (TPSA) is 12.9 Å². The fraction of sp³-hybridized carbons (Fsp3) is 0.0833. The summed E-state index contributed by atoms with van der Waals surface area (Å²) in [5.41, 5.74) is 1.20. The van der Waals surface area contributed by atoms with E-state index in [1.807, 2.05) is 30.3 Å². The van der Waals surface area contributed by atoms with Gasteiger partial charge >= 0.3 is 0 Å². The van der Waals surface area contributed by atoms with Gasteiger partial charge in [-0.25, -0.2) is 4.98 Å². The van der Waals surface area contributed by atoms with Crippen LogP contribution in [0.3, 0.4) is 0 Å². The van der Waals surface area contributed by atoms with Gasteiger partial charge in [0, 0.05) is 16.8 Å². The first-order valence-electron chi connectivity index (χ1n) is 4.63. The zero-order valence-electron chi connectivity index (χ0n) is 8.06. The fourth-order valence-corrected chi connectivity index (χ4v) is 2.27. The number of hydrogen-bond donors (Lipinski definition) is 0. The molecule has 2 aromatic rings. The van der Waals surface area contributed by atoms with Crippen molar-refractivity contribution in [1.29, 1.82) is 0 Å². The van der Waals surface area contributed by atoms with Crippen molar-refractivity contribution < 1.29 is 0 Å². The average Bonchev–Trinajstić information content (AvgIpc) is 2.28.